The van der Waals surface area contributed by atoms with E-state index in [1.54, 1.807) is 30.3 Å². The summed E-state index contributed by atoms with van der Waals surface area (Å²) in [6.07, 6.45) is 4.49. The number of hydrogen-bond acceptors (Lipinski definition) is 5. The number of aromatic nitrogens is 2. The van der Waals surface area contributed by atoms with E-state index in [-0.39, 0.29) is 19.1 Å². The van der Waals surface area contributed by atoms with Crippen LogP contribution < -0.4 is 14.8 Å². The molecule has 1 N–H and O–H groups in total. The van der Waals surface area contributed by atoms with E-state index in [1.807, 2.05) is 36.4 Å². The monoisotopic (exact) mass is 479 g/mol. The molecule has 1 amide bonds. The SMILES string of the molecule is O=C(Nc1cnccn1)c1cc(OCc2ccccc2Cl)cc(OCc2ccccc2Cl)c1. The summed E-state index contributed by atoms with van der Waals surface area (Å²) in [5, 5.41) is 3.91. The van der Waals surface area contributed by atoms with Gasteiger partial charge in [0, 0.05) is 45.2 Å². The van der Waals surface area contributed by atoms with E-state index in [2.05, 4.69) is 15.3 Å². The molecule has 3 aromatic carbocycles. The predicted octanol–water partition coefficient (Wildman–Crippen LogP) is 6.19. The van der Waals surface area contributed by atoms with Gasteiger partial charge in [0.05, 0.1) is 6.20 Å². The summed E-state index contributed by atoms with van der Waals surface area (Å²) in [5.74, 6) is 0.872. The van der Waals surface area contributed by atoms with E-state index in [1.165, 1.54) is 18.6 Å². The maximum atomic E-state index is 12.8. The van der Waals surface area contributed by atoms with Gasteiger partial charge in [-0.05, 0) is 24.3 Å². The predicted molar refractivity (Wildman–Crippen MR) is 128 cm³/mol. The largest absolute Gasteiger partial charge is 0.489 e. The van der Waals surface area contributed by atoms with Crippen LogP contribution in [0.5, 0.6) is 11.5 Å². The number of hydrogen-bond donors (Lipinski definition) is 1. The molecule has 0 aliphatic carbocycles. The van der Waals surface area contributed by atoms with Crippen molar-refractivity contribution in [1.82, 2.24) is 9.97 Å². The number of ether oxygens (including phenoxy) is 2. The molecule has 0 aliphatic heterocycles. The van der Waals surface area contributed by atoms with Crippen molar-refractivity contribution in [2.45, 2.75) is 13.2 Å². The third-order valence-electron chi connectivity index (χ3n) is 4.65. The van der Waals surface area contributed by atoms with Crippen molar-refractivity contribution in [1.29, 1.82) is 0 Å². The van der Waals surface area contributed by atoms with Crippen LogP contribution in [-0.4, -0.2) is 15.9 Å². The van der Waals surface area contributed by atoms with Gasteiger partial charge < -0.3 is 14.8 Å². The summed E-state index contributed by atoms with van der Waals surface area (Å²) in [6.45, 7) is 0.470. The topological polar surface area (TPSA) is 73.3 Å². The van der Waals surface area contributed by atoms with Gasteiger partial charge in [-0.2, -0.15) is 0 Å². The van der Waals surface area contributed by atoms with Crippen LogP contribution in [0.25, 0.3) is 0 Å². The normalized spacial score (nSPS) is 10.5. The molecule has 4 aromatic rings. The highest BCUT2D eigenvalue weighted by Crippen LogP contribution is 2.27. The summed E-state index contributed by atoms with van der Waals surface area (Å²) >= 11 is 12.5. The first-order valence-corrected chi connectivity index (χ1v) is 10.8. The average Bonchev–Trinajstić information content (AvgIpc) is 2.83. The van der Waals surface area contributed by atoms with Crippen molar-refractivity contribution >= 4 is 34.9 Å². The Hall–Kier alpha value is -3.61. The first-order valence-electron chi connectivity index (χ1n) is 10.0. The van der Waals surface area contributed by atoms with Gasteiger partial charge in [0.15, 0.2) is 5.82 Å². The van der Waals surface area contributed by atoms with Gasteiger partial charge in [0.1, 0.15) is 24.7 Å². The van der Waals surface area contributed by atoms with Gasteiger partial charge in [0.25, 0.3) is 5.91 Å². The lowest BCUT2D eigenvalue weighted by atomic mass is 10.1. The number of anilines is 1. The number of halogens is 2. The minimum absolute atomic E-state index is 0.235. The molecule has 0 atom stereocenters. The van der Waals surface area contributed by atoms with Gasteiger partial charge in [-0.15, -0.1) is 0 Å². The number of carbonyl (C=O) groups is 1. The first kappa shape index (κ1) is 22.6. The highest BCUT2D eigenvalue weighted by molar-refractivity contribution is 6.31. The molecule has 1 heterocycles. The summed E-state index contributed by atoms with van der Waals surface area (Å²) in [7, 11) is 0. The first-order chi connectivity index (χ1) is 16.1. The molecule has 0 spiro atoms. The Bertz CT molecular complexity index is 1180. The Morgan fingerprint density at radius 2 is 1.39 bits per heavy atom. The molecule has 8 heteroatoms. The van der Waals surface area contributed by atoms with Crippen molar-refractivity contribution in [3.8, 4) is 11.5 Å². The number of rotatable bonds is 8. The molecule has 0 aliphatic rings. The summed E-state index contributed by atoms with van der Waals surface area (Å²) < 4.78 is 11.9. The standard InChI is InChI=1S/C25H19Cl2N3O3/c26-22-7-3-1-5-17(22)15-32-20-11-19(25(31)30-24-14-28-9-10-29-24)12-21(13-20)33-16-18-6-2-4-8-23(18)27/h1-14H,15-16H2,(H,29,30,31). The van der Waals surface area contributed by atoms with Gasteiger partial charge in [-0.25, -0.2) is 4.98 Å². The Kier molecular flexibility index (Phi) is 7.40. The van der Waals surface area contributed by atoms with E-state index in [4.69, 9.17) is 32.7 Å². The fraction of sp³-hybridized carbons (Fsp3) is 0.0800. The molecule has 1 aromatic heterocycles. The van der Waals surface area contributed by atoms with Crippen LogP contribution in [0.3, 0.4) is 0 Å². The van der Waals surface area contributed by atoms with E-state index in [0.717, 1.165) is 11.1 Å². The van der Waals surface area contributed by atoms with Crippen LogP contribution in [0.1, 0.15) is 21.5 Å². The van der Waals surface area contributed by atoms with Crippen molar-refractivity contribution in [3.05, 3.63) is 112 Å². The van der Waals surface area contributed by atoms with Crippen molar-refractivity contribution in [2.75, 3.05) is 5.32 Å². The zero-order valence-corrected chi connectivity index (χ0v) is 18.9. The molecule has 0 radical (unpaired) electrons. The second-order valence-electron chi connectivity index (χ2n) is 7.00. The molecule has 4 rings (SSSR count). The van der Waals surface area contributed by atoms with Gasteiger partial charge in [-0.3, -0.25) is 9.78 Å². The lowest BCUT2D eigenvalue weighted by molar-refractivity contribution is 0.102. The highest BCUT2D eigenvalue weighted by atomic mass is 35.5. The molecule has 0 saturated heterocycles. The molecule has 6 nitrogen and oxygen atoms in total. The van der Waals surface area contributed by atoms with E-state index < -0.39 is 0 Å². The zero-order valence-electron chi connectivity index (χ0n) is 17.4. The van der Waals surface area contributed by atoms with Crippen LogP contribution in [0, 0.1) is 0 Å². The third kappa shape index (κ3) is 6.22. The minimum Gasteiger partial charge on any atom is -0.489 e. The van der Waals surface area contributed by atoms with Crippen molar-refractivity contribution in [3.63, 3.8) is 0 Å². The maximum Gasteiger partial charge on any atom is 0.257 e. The third-order valence-corrected chi connectivity index (χ3v) is 5.39. The molecule has 166 valence electrons. The summed E-state index contributed by atoms with van der Waals surface area (Å²) in [5.41, 5.74) is 1.99. The molecule has 0 fully saturated rings. The van der Waals surface area contributed by atoms with Crippen molar-refractivity contribution < 1.29 is 14.3 Å². The van der Waals surface area contributed by atoms with Crippen molar-refractivity contribution in [2.24, 2.45) is 0 Å². The second kappa shape index (κ2) is 10.8. The Balaban J connectivity index is 1.56. The van der Waals surface area contributed by atoms with E-state index >= 15 is 0 Å². The lowest BCUT2D eigenvalue weighted by Crippen LogP contribution is -2.13. The number of benzene rings is 3. The quantitative estimate of drug-likeness (QED) is 0.325. The highest BCUT2D eigenvalue weighted by Gasteiger charge is 2.13. The number of nitrogens with one attached hydrogen (secondary N) is 1. The molecular weight excluding hydrogens is 461 g/mol. The molecule has 0 saturated carbocycles. The maximum absolute atomic E-state index is 12.8. The summed E-state index contributed by atoms with van der Waals surface area (Å²) in [6, 6.07) is 19.8. The fourth-order valence-corrected chi connectivity index (χ4v) is 3.36. The molecule has 0 bridgehead atoms. The molecule has 0 unspecified atom stereocenters. The van der Waals surface area contributed by atoms with E-state index in [0.29, 0.717) is 32.9 Å². The minimum atomic E-state index is -0.374. The number of carbonyl (C=O) groups excluding carboxylic acids is 1. The average molecular weight is 480 g/mol. The number of nitrogens with zero attached hydrogens (tertiary/aromatic N) is 2. The van der Waals surface area contributed by atoms with Crippen LogP contribution in [0.15, 0.2) is 85.3 Å². The van der Waals surface area contributed by atoms with Gasteiger partial charge >= 0.3 is 0 Å². The van der Waals surface area contributed by atoms with Crippen LogP contribution in [0.2, 0.25) is 10.0 Å². The van der Waals surface area contributed by atoms with Gasteiger partial charge in [-0.1, -0.05) is 59.6 Å². The Labute approximate surface area is 201 Å². The Morgan fingerprint density at radius 1 is 0.818 bits per heavy atom. The Morgan fingerprint density at radius 3 is 1.91 bits per heavy atom. The second-order valence-corrected chi connectivity index (χ2v) is 7.81. The van der Waals surface area contributed by atoms with E-state index in [9.17, 15) is 4.79 Å². The fourth-order valence-electron chi connectivity index (χ4n) is 2.97. The molecular formula is C25H19Cl2N3O3. The lowest BCUT2D eigenvalue weighted by Gasteiger charge is -2.13. The zero-order chi connectivity index (χ0) is 23.0. The molecule has 33 heavy (non-hydrogen) atoms. The van der Waals surface area contributed by atoms with Gasteiger partial charge in [0.2, 0.25) is 0 Å². The van der Waals surface area contributed by atoms with Crippen LogP contribution >= 0.6 is 23.2 Å². The summed E-state index contributed by atoms with van der Waals surface area (Å²) in [4.78, 5) is 20.9. The smallest absolute Gasteiger partial charge is 0.257 e. The van der Waals surface area contributed by atoms with Crippen LogP contribution in [0.4, 0.5) is 5.82 Å². The number of amides is 1. The van der Waals surface area contributed by atoms with Crippen LogP contribution in [-0.2, 0) is 13.2 Å².